The maximum atomic E-state index is 12.3. The molecule has 20 heavy (non-hydrogen) atoms. The fourth-order valence-corrected chi connectivity index (χ4v) is 4.84. The number of anilines is 1. The van der Waals surface area contributed by atoms with E-state index in [0.717, 1.165) is 13.4 Å². The summed E-state index contributed by atoms with van der Waals surface area (Å²) in [5.74, 6) is -0.225. The zero-order valence-electron chi connectivity index (χ0n) is 9.68. The van der Waals surface area contributed by atoms with E-state index in [2.05, 4.69) is 69.0 Å². The number of halogens is 5. The summed E-state index contributed by atoms with van der Waals surface area (Å²) in [6.45, 7) is 0. The van der Waals surface area contributed by atoms with Crippen LogP contribution >= 0.6 is 75.3 Å². The zero-order chi connectivity index (χ0) is 14.9. The van der Waals surface area contributed by atoms with Gasteiger partial charge in [0.05, 0.1) is 11.3 Å². The van der Waals surface area contributed by atoms with Crippen molar-refractivity contribution in [1.29, 1.82) is 0 Å². The molecule has 0 aliphatic heterocycles. The number of nitrogens with one attached hydrogen (secondary N) is 1. The molecular formula is C13H6Br4ClNO. The van der Waals surface area contributed by atoms with Gasteiger partial charge in [-0.3, -0.25) is 4.79 Å². The van der Waals surface area contributed by atoms with Crippen LogP contribution in [0.25, 0.3) is 0 Å². The summed E-state index contributed by atoms with van der Waals surface area (Å²) in [5.41, 5.74) is 1.18. The number of rotatable bonds is 2. The Morgan fingerprint density at radius 3 is 2.10 bits per heavy atom. The topological polar surface area (TPSA) is 29.1 Å². The number of carbonyl (C=O) groups excluding carboxylic acids is 1. The number of carbonyl (C=O) groups is 1. The van der Waals surface area contributed by atoms with E-state index < -0.39 is 0 Å². The third-order valence-corrected chi connectivity index (χ3v) is 5.02. The fourth-order valence-electron chi connectivity index (χ4n) is 1.52. The van der Waals surface area contributed by atoms with Crippen LogP contribution in [0.4, 0.5) is 5.69 Å². The average Bonchev–Trinajstić information content (AvgIpc) is 2.33. The number of amides is 1. The van der Waals surface area contributed by atoms with Crippen LogP contribution in [0.5, 0.6) is 0 Å². The van der Waals surface area contributed by atoms with E-state index in [1.165, 1.54) is 0 Å². The molecule has 0 bridgehead atoms. The molecular weight excluding hydrogens is 541 g/mol. The minimum Gasteiger partial charge on any atom is -0.320 e. The Labute approximate surface area is 154 Å². The minimum absolute atomic E-state index is 0.225. The van der Waals surface area contributed by atoms with Crippen LogP contribution in [0.3, 0.4) is 0 Å². The second-order valence-corrected chi connectivity index (χ2v) is 7.74. The van der Waals surface area contributed by atoms with E-state index in [9.17, 15) is 4.79 Å². The maximum Gasteiger partial charge on any atom is 0.256 e. The smallest absolute Gasteiger partial charge is 0.256 e. The predicted octanol–water partition coefficient (Wildman–Crippen LogP) is 6.64. The molecule has 0 spiro atoms. The van der Waals surface area contributed by atoms with Crippen LogP contribution in [-0.4, -0.2) is 5.91 Å². The van der Waals surface area contributed by atoms with Crippen molar-refractivity contribution >= 4 is 86.9 Å². The molecule has 7 heteroatoms. The van der Waals surface area contributed by atoms with Crippen LogP contribution in [0.1, 0.15) is 10.4 Å². The summed E-state index contributed by atoms with van der Waals surface area (Å²) < 4.78 is 3.10. The number of benzene rings is 2. The normalized spacial score (nSPS) is 10.4. The molecule has 1 N–H and O–H groups in total. The van der Waals surface area contributed by atoms with Crippen molar-refractivity contribution in [3.63, 3.8) is 0 Å². The molecule has 0 unspecified atom stereocenters. The Kier molecular flexibility index (Phi) is 5.71. The van der Waals surface area contributed by atoms with Crippen molar-refractivity contribution in [2.45, 2.75) is 0 Å². The standard InChI is InChI=1S/C13H6Br4ClNO/c14-6-3-10(16)12(11(17)4-6)19-13(20)8-2-1-7(18)5-9(8)15/h1-5H,(H,19,20). The van der Waals surface area contributed by atoms with Gasteiger partial charge in [-0.25, -0.2) is 0 Å². The van der Waals surface area contributed by atoms with Crippen molar-refractivity contribution in [1.82, 2.24) is 0 Å². The number of hydrogen-bond donors (Lipinski definition) is 1. The van der Waals surface area contributed by atoms with Crippen LogP contribution in [0, 0.1) is 0 Å². The third kappa shape index (κ3) is 3.85. The highest BCUT2D eigenvalue weighted by molar-refractivity contribution is 9.11. The monoisotopic (exact) mass is 543 g/mol. The first kappa shape index (κ1) is 16.5. The van der Waals surface area contributed by atoms with Gasteiger partial charge in [-0.2, -0.15) is 0 Å². The van der Waals surface area contributed by atoms with Gasteiger partial charge in [-0.05, 0) is 78.1 Å². The lowest BCUT2D eigenvalue weighted by atomic mass is 10.2. The first-order valence-corrected chi connectivity index (χ1v) is 8.84. The van der Waals surface area contributed by atoms with E-state index in [4.69, 9.17) is 11.6 Å². The van der Waals surface area contributed by atoms with Crippen molar-refractivity contribution in [3.05, 3.63) is 58.8 Å². The van der Waals surface area contributed by atoms with Crippen LogP contribution in [0.15, 0.2) is 48.2 Å². The van der Waals surface area contributed by atoms with Crippen LogP contribution in [0.2, 0.25) is 5.02 Å². The molecule has 2 nitrogen and oxygen atoms in total. The highest BCUT2D eigenvalue weighted by Gasteiger charge is 2.14. The molecule has 0 aromatic heterocycles. The summed E-state index contributed by atoms with van der Waals surface area (Å²) in [6, 6.07) is 8.74. The summed E-state index contributed by atoms with van der Waals surface area (Å²) in [5, 5.41) is 3.42. The first-order chi connectivity index (χ1) is 9.38. The largest absolute Gasteiger partial charge is 0.320 e. The Balaban J connectivity index is 2.33. The van der Waals surface area contributed by atoms with E-state index in [1.54, 1.807) is 18.2 Å². The predicted molar refractivity (Wildman–Crippen MR) is 96.6 cm³/mol. The maximum absolute atomic E-state index is 12.3. The molecule has 0 atom stereocenters. The Bertz CT molecular complexity index is 667. The van der Waals surface area contributed by atoms with E-state index in [0.29, 0.717) is 20.7 Å². The minimum atomic E-state index is -0.225. The molecule has 2 rings (SSSR count). The molecule has 0 aliphatic carbocycles. The molecule has 0 heterocycles. The Morgan fingerprint density at radius 2 is 1.55 bits per heavy atom. The van der Waals surface area contributed by atoms with Gasteiger partial charge in [0, 0.05) is 22.9 Å². The van der Waals surface area contributed by atoms with E-state index >= 15 is 0 Å². The highest BCUT2D eigenvalue weighted by Crippen LogP contribution is 2.35. The van der Waals surface area contributed by atoms with Crippen molar-refractivity contribution < 1.29 is 4.79 Å². The van der Waals surface area contributed by atoms with Crippen LogP contribution < -0.4 is 5.32 Å². The number of hydrogen-bond acceptors (Lipinski definition) is 1. The molecule has 0 aliphatic rings. The average molecular weight is 547 g/mol. The summed E-state index contributed by atoms with van der Waals surface area (Å²) >= 11 is 19.4. The lowest BCUT2D eigenvalue weighted by Gasteiger charge is -2.11. The van der Waals surface area contributed by atoms with Crippen LogP contribution in [-0.2, 0) is 0 Å². The molecule has 0 saturated heterocycles. The molecule has 0 fully saturated rings. The highest BCUT2D eigenvalue weighted by atomic mass is 79.9. The van der Waals surface area contributed by atoms with E-state index in [-0.39, 0.29) is 5.91 Å². The Morgan fingerprint density at radius 1 is 0.950 bits per heavy atom. The molecule has 0 radical (unpaired) electrons. The first-order valence-electron chi connectivity index (χ1n) is 5.29. The van der Waals surface area contributed by atoms with E-state index in [1.807, 2.05) is 12.1 Å². The van der Waals surface area contributed by atoms with Gasteiger partial charge in [0.15, 0.2) is 0 Å². The SMILES string of the molecule is O=C(Nc1c(Br)cc(Br)cc1Br)c1ccc(Cl)cc1Br. The second-order valence-electron chi connectivity index (χ2n) is 3.82. The molecule has 2 aromatic carbocycles. The van der Waals surface area contributed by atoms with Gasteiger partial charge >= 0.3 is 0 Å². The summed E-state index contributed by atoms with van der Waals surface area (Å²) in [7, 11) is 0. The summed E-state index contributed by atoms with van der Waals surface area (Å²) in [4.78, 5) is 12.3. The van der Waals surface area contributed by atoms with Crippen molar-refractivity contribution in [3.8, 4) is 0 Å². The van der Waals surface area contributed by atoms with Gasteiger partial charge < -0.3 is 5.32 Å². The second kappa shape index (κ2) is 6.92. The van der Waals surface area contributed by atoms with Crippen molar-refractivity contribution in [2.24, 2.45) is 0 Å². The fraction of sp³-hybridized carbons (Fsp3) is 0. The van der Waals surface area contributed by atoms with Gasteiger partial charge in [0.1, 0.15) is 0 Å². The quantitative estimate of drug-likeness (QED) is 0.449. The zero-order valence-corrected chi connectivity index (χ0v) is 16.8. The molecule has 0 saturated carbocycles. The van der Waals surface area contributed by atoms with Gasteiger partial charge in [-0.1, -0.05) is 27.5 Å². The van der Waals surface area contributed by atoms with Crippen molar-refractivity contribution in [2.75, 3.05) is 5.32 Å². The Hall–Kier alpha value is 0.120. The lowest BCUT2D eigenvalue weighted by molar-refractivity contribution is 0.102. The van der Waals surface area contributed by atoms with Gasteiger partial charge in [0.25, 0.3) is 5.91 Å². The lowest BCUT2D eigenvalue weighted by Crippen LogP contribution is -2.13. The summed E-state index contributed by atoms with van der Waals surface area (Å²) in [6.07, 6.45) is 0. The molecule has 2 aromatic rings. The van der Waals surface area contributed by atoms with Gasteiger partial charge in [-0.15, -0.1) is 0 Å². The molecule has 104 valence electrons. The third-order valence-electron chi connectivity index (χ3n) is 2.42. The van der Waals surface area contributed by atoms with Gasteiger partial charge in [0.2, 0.25) is 0 Å². The molecule has 1 amide bonds.